The van der Waals surface area contributed by atoms with E-state index in [1.807, 2.05) is 45.4 Å². The summed E-state index contributed by atoms with van der Waals surface area (Å²) < 4.78 is 16.4. The molecule has 20 heavy (non-hydrogen) atoms. The van der Waals surface area contributed by atoms with E-state index < -0.39 is 6.16 Å². The average molecular weight is 278 g/mol. The second kappa shape index (κ2) is 5.96. The van der Waals surface area contributed by atoms with Gasteiger partial charge in [-0.1, -0.05) is 18.2 Å². The van der Waals surface area contributed by atoms with E-state index in [0.717, 1.165) is 22.3 Å². The van der Waals surface area contributed by atoms with Gasteiger partial charge in [-0.25, -0.2) is 4.79 Å². The van der Waals surface area contributed by atoms with Crippen LogP contribution in [-0.2, 0) is 9.47 Å². The molecule has 5 nitrogen and oxygen atoms in total. The van der Waals surface area contributed by atoms with Crippen molar-refractivity contribution in [3.05, 3.63) is 35.6 Å². The van der Waals surface area contributed by atoms with Crippen LogP contribution in [0.2, 0.25) is 0 Å². The molecule has 108 valence electrons. The van der Waals surface area contributed by atoms with Gasteiger partial charge in [-0.2, -0.15) is 0 Å². The van der Waals surface area contributed by atoms with Gasteiger partial charge in [0.1, 0.15) is 31.3 Å². The van der Waals surface area contributed by atoms with Crippen molar-refractivity contribution < 1.29 is 23.5 Å². The fourth-order valence-corrected chi connectivity index (χ4v) is 1.69. The molecular formula is C15H20NO4+. The highest BCUT2D eigenvalue weighted by Gasteiger charge is 2.16. The molecule has 1 aliphatic heterocycles. The number of para-hydroxylation sites is 1. The molecule has 0 amide bonds. The lowest BCUT2D eigenvalue weighted by Crippen LogP contribution is -2.38. The molecule has 1 heterocycles. The van der Waals surface area contributed by atoms with Crippen LogP contribution in [0.15, 0.2) is 30.0 Å². The van der Waals surface area contributed by atoms with Gasteiger partial charge in [0.05, 0.1) is 21.1 Å². The SMILES string of the molecule is C[N+](C)(C)CCOC(=O)OC1=Cc2ccccc2OC1. The van der Waals surface area contributed by atoms with Crippen LogP contribution in [0.5, 0.6) is 5.75 Å². The second-order valence-corrected chi connectivity index (χ2v) is 5.65. The molecule has 0 fully saturated rings. The first-order valence-corrected chi connectivity index (χ1v) is 6.51. The van der Waals surface area contributed by atoms with Gasteiger partial charge in [-0.05, 0) is 12.1 Å². The summed E-state index contributed by atoms with van der Waals surface area (Å²) >= 11 is 0. The maximum Gasteiger partial charge on any atom is 0.513 e. The van der Waals surface area contributed by atoms with E-state index in [1.165, 1.54) is 0 Å². The normalized spacial score (nSPS) is 13.8. The van der Waals surface area contributed by atoms with E-state index in [-0.39, 0.29) is 6.61 Å². The molecule has 0 unspecified atom stereocenters. The molecule has 5 heteroatoms. The van der Waals surface area contributed by atoms with Crippen molar-refractivity contribution in [1.29, 1.82) is 0 Å². The molecule has 0 N–H and O–H groups in total. The third-order valence-corrected chi connectivity index (χ3v) is 2.80. The van der Waals surface area contributed by atoms with Crippen molar-refractivity contribution in [2.24, 2.45) is 0 Å². The molecule has 0 bridgehead atoms. The van der Waals surface area contributed by atoms with Crippen LogP contribution in [0.1, 0.15) is 5.56 Å². The largest absolute Gasteiger partial charge is 0.513 e. The first kappa shape index (κ1) is 14.4. The maximum absolute atomic E-state index is 11.6. The van der Waals surface area contributed by atoms with Crippen LogP contribution in [0.3, 0.4) is 0 Å². The second-order valence-electron chi connectivity index (χ2n) is 5.65. The third kappa shape index (κ3) is 4.28. The molecule has 0 atom stereocenters. The average Bonchev–Trinajstić information content (AvgIpc) is 2.37. The molecule has 0 aliphatic carbocycles. The molecule has 0 aromatic heterocycles. The van der Waals surface area contributed by atoms with Crippen molar-refractivity contribution in [3.63, 3.8) is 0 Å². The minimum atomic E-state index is -0.687. The van der Waals surface area contributed by atoms with Crippen molar-refractivity contribution in [1.82, 2.24) is 0 Å². The molecule has 1 aromatic carbocycles. The summed E-state index contributed by atoms with van der Waals surface area (Å²) in [5, 5.41) is 0. The van der Waals surface area contributed by atoms with Gasteiger partial charge in [-0.3, -0.25) is 0 Å². The van der Waals surface area contributed by atoms with E-state index in [0.29, 0.717) is 12.4 Å². The number of carbonyl (C=O) groups is 1. The lowest BCUT2D eigenvalue weighted by molar-refractivity contribution is -0.870. The highest BCUT2D eigenvalue weighted by atomic mass is 16.7. The first-order chi connectivity index (χ1) is 9.44. The first-order valence-electron chi connectivity index (χ1n) is 6.51. The number of quaternary nitrogens is 1. The monoisotopic (exact) mass is 278 g/mol. The topological polar surface area (TPSA) is 44.8 Å². The Labute approximate surface area is 118 Å². The zero-order chi connectivity index (χ0) is 14.6. The van der Waals surface area contributed by atoms with Gasteiger partial charge in [0.15, 0.2) is 0 Å². The van der Waals surface area contributed by atoms with E-state index in [1.54, 1.807) is 6.08 Å². The molecule has 0 radical (unpaired) electrons. The lowest BCUT2D eigenvalue weighted by Gasteiger charge is -2.23. The number of benzene rings is 1. The number of hydrogen-bond donors (Lipinski definition) is 0. The highest BCUT2D eigenvalue weighted by Crippen LogP contribution is 2.26. The van der Waals surface area contributed by atoms with E-state index >= 15 is 0 Å². The Morgan fingerprint density at radius 2 is 2.05 bits per heavy atom. The van der Waals surface area contributed by atoms with Gasteiger partial charge >= 0.3 is 6.16 Å². The molecule has 1 aliphatic rings. The number of nitrogens with zero attached hydrogens (tertiary/aromatic N) is 1. The molecule has 0 spiro atoms. The van der Waals surface area contributed by atoms with Crippen LogP contribution in [0, 0.1) is 0 Å². The Morgan fingerprint density at radius 1 is 1.30 bits per heavy atom. The van der Waals surface area contributed by atoms with Crippen LogP contribution in [-0.4, -0.2) is 51.5 Å². The van der Waals surface area contributed by atoms with Crippen LogP contribution in [0.4, 0.5) is 4.79 Å². The highest BCUT2D eigenvalue weighted by molar-refractivity contribution is 5.66. The molecule has 2 rings (SSSR count). The summed E-state index contributed by atoms with van der Waals surface area (Å²) in [4.78, 5) is 11.6. The van der Waals surface area contributed by atoms with Gasteiger partial charge in [0.25, 0.3) is 0 Å². The van der Waals surface area contributed by atoms with Gasteiger partial charge in [0, 0.05) is 5.56 Å². The quantitative estimate of drug-likeness (QED) is 0.626. The Kier molecular flexibility index (Phi) is 4.29. The minimum Gasteiger partial charge on any atom is -0.485 e. The predicted octanol–water partition coefficient (Wildman–Crippen LogP) is 2.28. The zero-order valence-corrected chi connectivity index (χ0v) is 12.1. The Hall–Kier alpha value is -2.01. The Balaban J connectivity index is 1.85. The number of rotatable bonds is 4. The van der Waals surface area contributed by atoms with Crippen molar-refractivity contribution in [2.75, 3.05) is 40.9 Å². The molecule has 1 aromatic rings. The van der Waals surface area contributed by atoms with E-state index in [2.05, 4.69) is 0 Å². The number of hydrogen-bond acceptors (Lipinski definition) is 4. The van der Waals surface area contributed by atoms with Crippen LogP contribution < -0.4 is 4.74 Å². The summed E-state index contributed by atoms with van der Waals surface area (Å²) in [6.07, 6.45) is 1.10. The van der Waals surface area contributed by atoms with Crippen LogP contribution >= 0.6 is 0 Å². The minimum absolute atomic E-state index is 0.238. The summed E-state index contributed by atoms with van der Waals surface area (Å²) in [6, 6.07) is 7.58. The number of fused-ring (bicyclic) bond motifs is 1. The maximum atomic E-state index is 11.6. The van der Waals surface area contributed by atoms with Crippen molar-refractivity contribution in [2.45, 2.75) is 0 Å². The predicted molar refractivity (Wildman–Crippen MR) is 75.2 cm³/mol. The van der Waals surface area contributed by atoms with Crippen molar-refractivity contribution in [3.8, 4) is 5.75 Å². The van der Waals surface area contributed by atoms with Gasteiger partial charge in [-0.15, -0.1) is 0 Å². The Morgan fingerprint density at radius 3 is 2.80 bits per heavy atom. The molecular weight excluding hydrogens is 258 g/mol. The summed E-state index contributed by atoms with van der Waals surface area (Å²) in [5.41, 5.74) is 0.896. The standard InChI is InChI=1S/C15H20NO4/c1-16(2,3)8-9-18-15(17)20-13-10-12-6-4-5-7-14(12)19-11-13/h4-7,10H,8-9,11H2,1-3H3/q+1. The third-order valence-electron chi connectivity index (χ3n) is 2.80. The number of carbonyl (C=O) groups excluding carboxylic acids is 1. The van der Waals surface area contributed by atoms with Crippen LogP contribution in [0.25, 0.3) is 6.08 Å². The molecule has 0 saturated carbocycles. The van der Waals surface area contributed by atoms with Crippen molar-refractivity contribution >= 4 is 12.2 Å². The Bertz CT molecular complexity index is 517. The van der Waals surface area contributed by atoms with Gasteiger partial charge in [0.2, 0.25) is 0 Å². The summed E-state index contributed by atoms with van der Waals surface area (Å²) in [7, 11) is 6.09. The zero-order valence-electron chi connectivity index (χ0n) is 12.1. The summed E-state index contributed by atoms with van der Waals surface area (Å²) in [5.74, 6) is 1.25. The van der Waals surface area contributed by atoms with E-state index in [9.17, 15) is 4.79 Å². The molecule has 0 saturated heterocycles. The van der Waals surface area contributed by atoms with E-state index in [4.69, 9.17) is 14.2 Å². The fourth-order valence-electron chi connectivity index (χ4n) is 1.69. The number of ether oxygens (including phenoxy) is 3. The lowest BCUT2D eigenvalue weighted by atomic mass is 10.1. The van der Waals surface area contributed by atoms with Gasteiger partial charge < -0.3 is 18.7 Å². The fraction of sp³-hybridized carbons (Fsp3) is 0.400. The number of likely N-dealkylation sites (N-methyl/N-ethyl adjacent to an activating group) is 1. The summed E-state index contributed by atoms with van der Waals surface area (Å²) in [6.45, 7) is 1.29. The smallest absolute Gasteiger partial charge is 0.485 e.